The molecule has 4 aromatic carbocycles. The van der Waals surface area contributed by atoms with Crippen molar-refractivity contribution in [2.45, 2.75) is 17.3 Å². The minimum atomic E-state index is -0.435. The fraction of sp³-hybridized carbons (Fsp3) is 0.206. The van der Waals surface area contributed by atoms with Gasteiger partial charge in [0.25, 0.3) is 11.4 Å². The monoisotopic (exact) mass is 680 g/mol. The van der Waals surface area contributed by atoms with Crippen LogP contribution >= 0.6 is 23.5 Å². The first-order chi connectivity index (χ1) is 23.3. The van der Waals surface area contributed by atoms with Crippen molar-refractivity contribution < 1.29 is 19.4 Å². The van der Waals surface area contributed by atoms with Crippen molar-refractivity contribution in [3.8, 4) is 0 Å². The summed E-state index contributed by atoms with van der Waals surface area (Å²) in [5.41, 5.74) is 4.57. The van der Waals surface area contributed by atoms with Crippen LogP contribution in [0.1, 0.15) is 33.0 Å². The molecule has 3 aliphatic rings. The SMILES string of the molecule is O=C1CSC(c2cccc([N+](=O)[O-])c2)N1c1cccc(CN2CCN=C2c2cccc(N3C(=O)CSC3c3cccc([N+](=O)[O-])c3)c2)c1. The van der Waals surface area contributed by atoms with Gasteiger partial charge in [0.05, 0.1) is 27.9 Å². The quantitative estimate of drug-likeness (QED) is 0.147. The summed E-state index contributed by atoms with van der Waals surface area (Å²) >= 11 is 2.87. The van der Waals surface area contributed by atoms with Gasteiger partial charge in [-0.05, 0) is 41.0 Å². The van der Waals surface area contributed by atoms with E-state index in [1.807, 2.05) is 54.6 Å². The van der Waals surface area contributed by atoms with Crippen LogP contribution in [-0.2, 0) is 16.1 Å². The number of carbonyl (C=O) groups is 2. The Balaban J connectivity index is 1.12. The number of benzene rings is 4. The molecule has 0 saturated carbocycles. The zero-order valence-electron chi connectivity index (χ0n) is 25.4. The van der Waals surface area contributed by atoms with Crippen molar-refractivity contribution in [2.75, 3.05) is 34.4 Å². The molecule has 2 unspecified atom stereocenters. The number of aliphatic imine (C=N–C) groups is 1. The average molecular weight is 681 g/mol. The number of thioether (sulfide) groups is 2. The number of nitro benzene ring substituents is 2. The van der Waals surface area contributed by atoms with Crippen LogP contribution in [-0.4, -0.2) is 57.0 Å². The lowest BCUT2D eigenvalue weighted by Crippen LogP contribution is -2.30. The molecule has 2 amide bonds. The van der Waals surface area contributed by atoms with E-state index < -0.39 is 15.2 Å². The number of carbonyl (C=O) groups excluding carboxylic acids is 2. The van der Waals surface area contributed by atoms with Gasteiger partial charge in [0.15, 0.2) is 0 Å². The van der Waals surface area contributed by atoms with E-state index in [4.69, 9.17) is 4.99 Å². The molecule has 0 aliphatic carbocycles. The van der Waals surface area contributed by atoms with E-state index in [9.17, 15) is 29.8 Å². The normalized spacial score (nSPS) is 19.2. The number of amides is 2. The number of non-ortho nitro benzene ring substituents is 2. The number of anilines is 2. The third-order valence-corrected chi connectivity index (χ3v) is 10.8. The van der Waals surface area contributed by atoms with Gasteiger partial charge in [-0.25, -0.2) is 0 Å². The molecule has 242 valence electrons. The Labute approximate surface area is 283 Å². The molecule has 0 bridgehead atoms. The molecule has 12 nitrogen and oxygen atoms in total. The molecule has 0 radical (unpaired) electrons. The van der Waals surface area contributed by atoms with Gasteiger partial charge >= 0.3 is 0 Å². The summed E-state index contributed by atoms with van der Waals surface area (Å²) in [5.74, 6) is 1.19. The Bertz CT molecular complexity index is 1990. The number of hydrogen-bond acceptors (Lipinski definition) is 10. The van der Waals surface area contributed by atoms with Crippen LogP contribution in [0.25, 0.3) is 0 Å². The first-order valence-corrected chi connectivity index (χ1v) is 17.2. The van der Waals surface area contributed by atoms with Crippen molar-refractivity contribution in [3.63, 3.8) is 0 Å². The fourth-order valence-corrected chi connectivity index (χ4v) is 8.55. The van der Waals surface area contributed by atoms with Gasteiger partial charge in [-0.1, -0.05) is 48.5 Å². The van der Waals surface area contributed by atoms with E-state index in [1.165, 1.54) is 47.8 Å². The molecular formula is C34H28N6O6S2. The second-order valence-corrected chi connectivity index (χ2v) is 13.5. The first kappa shape index (κ1) is 31.4. The molecule has 2 atom stereocenters. The number of nitro groups is 2. The maximum absolute atomic E-state index is 13.1. The van der Waals surface area contributed by atoms with Gasteiger partial charge < -0.3 is 4.90 Å². The minimum absolute atomic E-state index is 0.0153. The Hall–Kier alpha value is -5.21. The predicted octanol–water partition coefficient (Wildman–Crippen LogP) is 6.32. The van der Waals surface area contributed by atoms with E-state index in [2.05, 4.69) is 4.90 Å². The van der Waals surface area contributed by atoms with Gasteiger partial charge in [0, 0.05) is 54.3 Å². The van der Waals surface area contributed by atoms with Gasteiger partial charge in [-0.3, -0.25) is 44.6 Å². The summed E-state index contributed by atoms with van der Waals surface area (Å²) in [7, 11) is 0. The summed E-state index contributed by atoms with van der Waals surface area (Å²) in [6.45, 7) is 1.82. The van der Waals surface area contributed by atoms with Crippen LogP contribution in [0.2, 0.25) is 0 Å². The second kappa shape index (κ2) is 13.1. The number of nitrogens with zero attached hydrogens (tertiary/aromatic N) is 6. The molecule has 2 saturated heterocycles. The van der Waals surface area contributed by atoms with Crippen LogP contribution in [0.15, 0.2) is 102 Å². The summed E-state index contributed by atoms with van der Waals surface area (Å²) in [5, 5.41) is 22.0. The van der Waals surface area contributed by atoms with Crippen molar-refractivity contribution in [1.29, 1.82) is 0 Å². The second-order valence-electron chi connectivity index (χ2n) is 11.4. The smallest absolute Gasteiger partial charge is 0.269 e. The summed E-state index contributed by atoms with van der Waals surface area (Å²) in [6.07, 6.45) is 0. The van der Waals surface area contributed by atoms with E-state index in [-0.39, 0.29) is 40.1 Å². The van der Waals surface area contributed by atoms with Crippen molar-refractivity contribution in [1.82, 2.24) is 4.90 Å². The zero-order valence-corrected chi connectivity index (χ0v) is 27.0. The lowest BCUT2D eigenvalue weighted by molar-refractivity contribution is -0.385. The molecule has 48 heavy (non-hydrogen) atoms. The Morgan fingerprint density at radius 2 is 1.25 bits per heavy atom. The molecule has 4 aromatic rings. The van der Waals surface area contributed by atoms with Crippen LogP contribution in [0.5, 0.6) is 0 Å². The molecule has 7 rings (SSSR count). The lowest BCUT2D eigenvalue weighted by atomic mass is 10.1. The highest BCUT2D eigenvalue weighted by Gasteiger charge is 2.36. The minimum Gasteiger partial charge on any atom is -0.350 e. The summed E-state index contributed by atoms with van der Waals surface area (Å²) in [4.78, 5) is 58.5. The fourth-order valence-electron chi connectivity index (χ4n) is 6.21. The predicted molar refractivity (Wildman–Crippen MR) is 186 cm³/mol. The number of rotatable bonds is 9. The van der Waals surface area contributed by atoms with E-state index >= 15 is 0 Å². The number of hydrogen-bond donors (Lipinski definition) is 0. The van der Waals surface area contributed by atoms with Gasteiger partial charge in [0.1, 0.15) is 16.6 Å². The zero-order chi connectivity index (χ0) is 33.4. The highest BCUT2D eigenvalue weighted by molar-refractivity contribution is 8.01. The highest BCUT2D eigenvalue weighted by Crippen LogP contribution is 2.44. The topological polar surface area (TPSA) is 142 Å². The summed E-state index contributed by atoms with van der Waals surface area (Å²) < 4.78 is 0. The average Bonchev–Trinajstić information content (AvgIpc) is 3.83. The van der Waals surface area contributed by atoms with Crippen molar-refractivity contribution in [3.05, 3.63) is 140 Å². The lowest BCUT2D eigenvalue weighted by Gasteiger charge is -2.27. The third-order valence-electron chi connectivity index (χ3n) is 8.34. The third kappa shape index (κ3) is 6.11. The molecule has 0 spiro atoms. The van der Waals surface area contributed by atoms with Gasteiger partial charge in [-0.2, -0.15) is 0 Å². The molecule has 0 aromatic heterocycles. The molecule has 3 heterocycles. The van der Waals surface area contributed by atoms with Gasteiger partial charge in [-0.15, -0.1) is 23.5 Å². The van der Waals surface area contributed by atoms with E-state index in [0.29, 0.717) is 36.4 Å². The van der Waals surface area contributed by atoms with Crippen LogP contribution in [0, 0.1) is 20.2 Å². The first-order valence-electron chi connectivity index (χ1n) is 15.1. The standard InChI is InChI=1S/C34H28N6O6S2/c41-30-20-47-33(24-7-3-11-28(17-24)39(43)44)37(30)26-9-1-5-22(15-26)19-36-14-13-35-32(36)23-6-2-10-27(16-23)38-31(42)21-48-34(38)25-8-4-12-29(18-25)40(45)46/h1-12,15-18,33-34H,13-14,19-21H2. The molecule has 3 aliphatic heterocycles. The molecule has 0 N–H and O–H groups in total. The summed E-state index contributed by atoms with van der Waals surface area (Å²) in [6, 6.07) is 28.2. The largest absolute Gasteiger partial charge is 0.350 e. The number of amidine groups is 1. The Kier molecular flexibility index (Phi) is 8.58. The van der Waals surface area contributed by atoms with E-state index in [0.717, 1.165) is 22.6 Å². The van der Waals surface area contributed by atoms with E-state index in [1.54, 1.807) is 28.0 Å². The Morgan fingerprint density at radius 3 is 1.83 bits per heavy atom. The molecular weight excluding hydrogens is 653 g/mol. The highest BCUT2D eigenvalue weighted by atomic mass is 32.2. The molecule has 14 heteroatoms. The Morgan fingerprint density at radius 1 is 0.708 bits per heavy atom. The maximum atomic E-state index is 13.1. The van der Waals surface area contributed by atoms with Crippen molar-refractivity contribution in [2.24, 2.45) is 4.99 Å². The van der Waals surface area contributed by atoms with Crippen LogP contribution < -0.4 is 9.80 Å². The van der Waals surface area contributed by atoms with Gasteiger partial charge in [0.2, 0.25) is 11.8 Å². The van der Waals surface area contributed by atoms with Crippen LogP contribution in [0.3, 0.4) is 0 Å². The van der Waals surface area contributed by atoms with Crippen LogP contribution in [0.4, 0.5) is 22.7 Å². The molecule has 2 fully saturated rings. The van der Waals surface area contributed by atoms with Crippen molar-refractivity contribution >= 4 is 63.9 Å². The maximum Gasteiger partial charge on any atom is 0.269 e.